The van der Waals surface area contributed by atoms with Gasteiger partial charge in [0.25, 0.3) is 0 Å². The molecular formula is C9H12O4. The summed E-state index contributed by atoms with van der Waals surface area (Å²) in [5.74, 6) is -2.66. The van der Waals surface area contributed by atoms with Gasteiger partial charge in [0.15, 0.2) is 0 Å². The SMILES string of the molecule is O=C(O)CC(=O)C(=O)C1CCCC1. The minimum Gasteiger partial charge on any atom is -0.481 e. The van der Waals surface area contributed by atoms with Gasteiger partial charge in [0.05, 0.1) is 0 Å². The summed E-state index contributed by atoms with van der Waals surface area (Å²) in [5, 5.41) is 8.30. The number of ketones is 2. The Labute approximate surface area is 75.9 Å². The summed E-state index contributed by atoms with van der Waals surface area (Å²) in [7, 11) is 0. The average molecular weight is 184 g/mol. The molecule has 1 saturated carbocycles. The topological polar surface area (TPSA) is 71.4 Å². The second kappa shape index (κ2) is 4.16. The van der Waals surface area contributed by atoms with E-state index in [1.54, 1.807) is 0 Å². The molecular weight excluding hydrogens is 172 g/mol. The molecule has 0 unspecified atom stereocenters. The van der Waals surface area contributed by atoms with Crippen LogP contribution in [0, 0.1) is 5.92 Å². The molecule has 1 N–H and O–H groups in total. The molecule has 72 valence electrons. The molecule has 0 radical (unpaired) electrons. The van der Waals surface area contributed by atoms with Gasteiger partial charge in [0.1, 0.15) is 6.42 Å². The number of aliphatic carboxylic acids is 1. The van der Waals surface area contributed by atoms with E-state index < -0.39 is 24.0 Å². The highest BCUT2D eigenvalue weighted by Gasteiger charge is 2.28. The minimum atomic E-state index is -1.23. The standard InChI is InChI=1S/C9H12O4/c10-7(5-8(11)12)9(13)6-3-1-2-4-6/h6H,1-5H2,(H,11,12). The van der Waals surface area contributed by atoms with Gasteiger partial charge in [-0.15, -0.1) is 0 Å². The van der Waals surface area contributed by atoms with Gasteiger partial charge in [-0.05, 0) is 12.8 Å². The molecule has 4 heteroatoms. The predicted octanol–water partition coefficient (Wildman–Crippen LogP) is 0.789. The first-order valence-corrected chi connectivity index (χ1v) is 4.40. The van der Waals surface area contributed by atoms with Gasteiger partial charge in [-0.2, -0.15) is 0 Å². The molecule has 0 aromatic rings. The van der Waals surface area contributed by atoms with Gasteiger partial charge in [-0.1, -0.05) is 12.8 Å². The number of carbonyl (C=O) groups is 3. The normalized spacial score (nSPS) is 17.2. The van der Waals surface area contributed by atoms with Crippen LogP contribution in [0.15, 0.2) is 0 Å². The summed E-state index contributed by atoms with van der Waals surface area (Å²) in [5.41, 5.74) is 0. The number of Topliss-reactive ketones (excluding diaryl/α,β-unsaturated/α-hetero) is 2. The van der Waals surface area contributed by atoms with Crippen LogP contribution in [0.1, 0.15) is 32.1 Å². The Kier molecular flexibility index (Phi) is 3.17. The average Bonchev–Trinajstić information content (AvgIpc) is 2.53. The van der Waals surface area contributed by atoms with Crippen LogP contribution in [-0.4, -0.2) is 22.6 Å². The number of hydrogen-bond donors (Lipinski definition) is 1. The Morgan fingerprint density at radius 1 is 1.15 bits per heavy atom. The Hall–Kier alpha value is -1.19. The van der Waals surface area contributed by atoms with Crippen LogP contribution >= 0.6 is 0 Å². The van der Waals surface area contributed by atoms with E-state index in [4.69, 9.17) is 5.11 Å². The van der Waals surface area contributed by atoms with Crippen molar-refractivity contribution in [3.05, 3.63) is 0 Å². The number of carbonyl (C=O) groups excluding carboxylic acids is 2. The molecule has 13 heavy (non-hydrogen) atoms. The van der Waals surface area contributed by atoms with Crippen LogP contribution in [0.4, 0.5) is 0 Å². The van der Waals surface area contributed by atoms with E-state index in [9.17, 15) is 14.4 Å². The highest BCUT2D eigenvalue weighted by molar-refractivity contribution is 6.40. The largest absolute Gasteiger partial charge is 0.481 e. The van der Waals surface area contributed by atoms with Gasteiger partial charge in [-0.3, -0.25) is 14.4 Å². The first kappa shape index (κ1) is 9.89. The van der Waals surface area contributed by atoms with Crippen LogP contribution < -0.4 is 0 Å². The lowest BCUT2D eigenvalue weighted by Crippen LogP contribution is -2.23. The smallest absolute Gasteiger partial charge is 0.311 e. The van der Waals surface area contributed by atoms with Crippen molar-refractivity contribution in [2.75, 3.05) is 0 Å². The molecule has 0 bridgehead atoms. The second-order valence-corrected chi connectivity index (χ2v) is 3.34. The van der Waals surface area contributed by atoms with E-state index in [1.807, 2.05) is 0 Å². The third kappa shape index (κ3) is 2.65. The van der Waals surface area contributed by atoms with Crippen LogP contribution in [0.2, 0.25) is 0 Å². The van der Waals surface area contributed by atoms with Crippen molar-refractivity contribution < 1.29 is 19.5 Å². The molecule has 1 rings (SSSR count). The fraction of sp³-hybridized carbons (Fsp3) is 0.667. The van der Waals surface area contributed by atoms with E-state index in [0.29, 0.717) is 0 Å². The van der Waals surface area contributed by atoms with Crippen LogP contribution in [-0.2, 0) is 14.4 Å². The maximum absolute atomic E-state index is 11.3. The van der Waals surface area contributed by atoms with E-state index in [-0.39, 0.29) is 5.92 Å². The van der Waals surface area contributed by atoms with Gasteiger partial charge in [-0.25, -0.2) is 0 Å². The van der Waals surface area contributed by atoms with E-state index in [2.05, 4.69) is 0 Å². The van der Waals surface area contributed by atoms with Gasteiger partial charge < -0.3 is 5.11 Å². The van der Waals surface area contributed by atoms with E-state index in [1.165, 1.54) is 0 Å². The van der Waals surface area contributed by atoms with Crippen molar-refractivity contribution in [1.29, 1.82) is 0 Å². The minimum absolute atomic E-state index is 0.202. The lowest BCUT2D eigenvalue weighted by Gasteiger charge is -2.04. The summed E-state index contributed by atoms with van der Waals surface area (Å²) < 4.78 is 0. The lowest BCUT2D eigenvalue weighted by atomic mass is 9.98. The summed E-state index contributed by atoms with van der Waals surface area (Å²) in [6.45, 7) is 0. The molecule has 0 amide bonds. The third-order valence-electron chi connectivity index (χ3n) is 2.31. The molecule has 0 saturated heterocycles. The Morgan fingerprint density at radius 3 is 2.15 bits per heavy atom. The van der Waals surface area contributed by atoms with Gasteiger partial charge >= 0.3 is 5.97 Å². The van der Waals surface area contributed by atoms with E-state index in [0.717, 1.165) is 25.7 Å². The van der Waals surface area contributed by atoms with Crippen molar-refractivity contribution in [2.45, 2.75) is 32.1 Å². The predicted molar refractivity (Wildman–Crippen MR) is 44.2 cm³/mol. The molecule has 0 heterocycles. The molecule has 1 aliphatic rings. The van der Waals surface area contributed by atoms with Crippen molar-refractivity contribution in [3.63, 3.8) is 0 Å². The number of carboxylic acid groups (broad SMARTS) is 1. The van der Waals surface area contributed by atoms with E-state index >= 15 is 0 Å². The zero-order valence-electron chi connectivity index (χ0n) is 7.28. The van der Waals surface area contributed by atoms with Gasteiger partial charge in [0, 0.05) is 5.92 Å². The summed E-state index contributed by atoms with van der Waals surface area (Å²) >= 11 is 0. The van der Waals surface area contributed by atoms with Crippen LogP contribution in [0.5, 0.6) is 0 Å². The first-order valence-electron chi connectivity index (χ1n) is 4.40. The van der Waals surface area contributed by atoms with Crippen molar-refractivity contribution in [2.24, 2.45) is 5.92 Å². The molecule has 0 aromatic heterocycles. The fourth-order valence-electron chi connectivity index (χ4n) is 1.64. The molecule has 1 aliphatic carbocycles. The Balaban J connectivity index is 2.46. The molecule has 0 aliphatic heterocycles. The lowest BCUT2D eigenvalue weighted by molar-refractivity contribution is -0.145. The quantitative estimate of drug-likeness (QED) is 0.518. The monoisotopic (exact) mass is 184 g/mol. The van der Waals surface area contributed by atoms with Gasteiger partial charge in [0.2, 0.25) is 11.6 Å². The zero-order chi connectivity index (χ0) is 9.84. The molecule has 0 spiro atoms. The number of hydrogen-bond acceptors (Lipinski definition) is 3. The van der Waals surface area contributed by atoms with Crippen molar-refractivity contribution in [3.8, 4) is 0 Å². The van der Waals surface area contributed by atoms with Crippen molar-refractivity contribution in [1.82, 2.24) is 0 Å². The Morgan fingerprint density at radius 2 is 1.69 bits per heavy atom. The molecule has 4 nitrogen and oxygen atoms in total. The second-order valence-electron chi connectivity index (χ2n) is 3.34. The summed E-state index contributed by atoms with van der Waals surface area (Å²) in [4.78, 5) is 32.4. The molecule has 0 atom stereocenters. The Bertz CT molecular complexity index is 238. The third-order valence-corrected chi connectivity index (χ3v) is 2.31. The molecule has 0 aromatic carbocycles. The number of rotatable bonds is 4. The summed E-state index contributed by atoms with van der Waals surface area (Å²) in [6, 6.07) is 0. The fourth-order valence-corrected chi connectivity index (χ4v) is 1.64. The van der Waals surface area contributed by atoms with Crippen LogP contribution in [0.25, 0.3) is 0 Å². The molecule has 1 fully saturated rings. The zero-order valence-corrected chi connectivity index (χ0v) is 7.28. The van der Waals surface area contributed by atoms with Crippen molar-refractivity contribution >= 4 is 17.5 Å². The first-order chi connectivity index (χ1) is 6.11. The highest BCUT2D eigenvalue weighted by Crippen LogP contribution is 2.25. The maximum Gasteiger partial charge on any atom is 0.311 e. The van der Waals surface area contributed by atoms with Crippen LogP contribution in [0.3, 0.4) is 0 Å². The highest BCUT2D eigenvalue weighted by atomic mass is 16.4. The maximum atomic E-state index is 11.3. The summed E-state index contributed by atoms with van der Waals surface area (Å²) in [6.07, 6.45) is 2.76. The number of carboxylic acids is 1.